The molecule has 2 rings (SSSR count). The molecule has 0 bridgehead atoms. The molecule has 0 amide bonds. The molecule has 0 unspecified atom stereocenters. The number of nitrogens with zero attached hydrogens (tertiary/aromatic N) is 2. The lowest BCUT2D eigenvalue weighted by atomic mass is 10.0. The third-order valence-corrected chi connectivity index (χ3v) is 2.21. The average molecular weight is 148 g/mol. The molecule has 0 spiro atoms. The Labute approximate surface area is 66.9 Å². The first-order valence-electron chi connectivity index (χ1n) is 3.96. The fraction of sp³-hybridized carbons (Fsp3) is 0.444. The molecule has 0 saturated carbocycles. The summed E-state index contributed by atoms with van der Waals surface area (Å²) in [4.78, 5) is 6.43. The van der Waals surface area contributed by atoms with E-state index in [2.05, 4.69) is 23.0 Å². The van der Waals surface area contributed by atoms with Crippen molar-refractivity contribution in [1.82, 2.24) is 9.88 Å². The van der Waals surface area contributed by atoms with Crippen molar-refractivity contribution < 1.29 is 0 Å². The van der Waals surface area contributed by atoms with E-state index in [1.54, 1.807) is 0 Å². The van der Waals surface area contributed by atoms with Crippen molar-refractivity contribution >= 4 is 0 Å². The lowest BCUT2D eigenvalue weighted by Crippen LogP contribution is -2.26. The molecule has 1 aromatic heterocycles. The normalized spacial score (nSPS) is 17.9. The van der Waals surface area contributed by atoms with Crippen LogP contribution >= 0.6 is 0 Å². The van der Waals surface area contributed by atoms with Crippen LogP contribution in [-0.4, -0.2) is 23.5 Å². The van der Waals surface area contributed by atoms with Gasteiger partial charge in [-0.2, -0.15) is 0 Å². The summed E-state index contributed by atoms with van der Waals surface area (Å²) in [7, 11) is 2.15. The second kappa shape index (κ2) is 2.62. The molecule has 1 aromatic rings. The standard InChI is InChI=1S/C9H12N2/c1-11-5-3-8-2-4-10-6-9(8)7-11/h2,4,6H,3,5,7H2,1H3. The highest BCUT2D eigenvalue weighted by Gasteiger charge is 2.11. The second-order valence-corrected chi connectivity index (χ2v) is 3.13. The summed E-state index contributed by atoms with van der Waals surface area (Å²) >= 11 is 0. The SMILES string of the molecule is CN1CCc2ccncc2C1. The number of hydrogen-bond donors (Lipinski definition) is 0. The van der Waals surface area contributed by atoms with E-state index < -0.39 is 0 Å². The van der Waals surface area contributed by atoms with Crippen LogP contribution in [0.1, 0.15) is 11.1 Å². The highest BCUT2D eigenvalue weighted by Crippen LogP contribution is 2.15. The van der Waals surface area contributed by atoms with Crippen LogP contribution in [0.4, 0.5) is 0 Å². The Bertz CT molecular complexity index is 257. The van der Waals surface area contributed by atoms with Crippen molar-refractivity contribution in [1.29, 1.82) is 0 Å². The minimum atomic E-state index is 1.06. The zero-order valence-electron chi connectivity index (χ0n) is 6.75. The fourth-order valence-electron chi connectivity index (χ4n) is 1.52. The van der Waals surface area contributed by atoms with Gasteiger partial charge in [0.25, 0.3) is 0 Å². The Morgan fingerprint density at radius 1 is 1.45 bits per heavy atom. The summed E-state index contributed by atoms with van der Waals surface area (Å²) in [5, 5.41) is 0. The minimum absolute atomic E-state index is 1.06. The molecule has 1 aliphatic heterocycles. The number of rotatable bonds is 0. The van der Waals surface area contributed by atoms with E-state index in [0.717, 1.165) is 6.54 Å². The van der Waals surface area contributed by atoms with Gasteiger partial charge >= 0.3 is 0 Å². The Balaban J connectivity index is 2.34. The molecule has 0 saturated heterocycles. The lowest BCUT2D eigenvalue weighted by molar-refractivity contribution is 0.312. The highest BCUT2D eigenvalue weighted by molar-refractivity contribution is 5.25. The van der Waals surface area contributed by atoms with E-state index in [-0.39, 0.29) is 0 Å². The van der Waals surface area contributed by atoms with Gasteiger partial charge in [0, 0.05) is 25.5 Å². The van der Waals surface area contributed by atoms with Gasteiger partial charge in [0.1, 0.15) is 0 Å². The molecule has 1 aliphatic rings. The van der Waals surface area contributed by atoms with Crippen LogP contribution in [0, 0.1) is 0 Å². The van der Waals surface area contributed by atoms with Crippen LogP contribution in [0.2, 0.25) is 0 Å². The molecule has 0 N–H and O–H groups in total. The number of hydrogen-bond acceptors (Lipinski definition) is 2. The van der Waals surface area contributed by atoms with Crippen LogP contribution in [0.25, 0.3) is 0 Å². The third-order valence-electron chi connectivity index (χ3n) is 2.21. The molecule has 2 heteroatoms. The quantitative estimate of drug-likeness (QED) is 0.547. The maximum atomic E-state index is 4.11. The number of likely N-dealkylation sites (N-methyl/N-ethyl adjacent to an activating group) is 1. The van der Waals surface area contributed by atoms with E-state index in [9.17, 15) is 0 Å². The summed E-state index contributed by atoms with van der Waals surface area (Å²) in [5.74, 6) is 0. The molecule has 0 atom stereocenters. The summed E-state index contributed by atoms with van der Waals surface area (Å²) < 4.78 is 0. The molecule has 0 fully saturated rings. The maximum Gasteiger partial charge on any atom is 0.0315 e. The smallest absolute Gasteiger partial charge is 0.0315 e. The van der Waals surface area contributed by atoms with E-state index in [0.29, 0.717) is 0 Å². The van der Waals surface area contributed by atoms with Gasteiger partial charge in [-0.25, -0.2) is 0 Å². The molecule has 0 radical (unpaired) electrons. The Morgan fingerprint density at radius 3 is 3.27 bits per heavy atom. The monoisotopic (exact) mass is 148 g/mol. The molecular formula is C9H12N2. The second-order valence-electron chi connectivity index (χ2n) is 3.13. The number of aromatic nitrogens is 1. The van der Waals surface area contributed by atoms with Crippen LogP contribution in [0.3, 0.4) is 0 Å². The van der Waals surface area contributed by atoms with E-state index in [1.807, 2.05) is 12.4 Å². The Hall–Kier alpha value is -0.890. The molecular weight excluding hydrogens is 136 g/mol. The molecule has 11 heavy (non-hydrogen) atoms. The summed E-state index contributed by atoms with van der Waals surface area (Å²) in [5.41, 5.74) is 2.86. The van der Waals surface area contributed by atoms with E-state index in [1.165, 1.54) is 24.1 Å². The third kappa shape index (κ3) is 1.26. The Morgan fingerprint density at radius 2 is 2.36 bits per heavy atom. The van der Waals surface area contributed by atoms with Gasteiger partial charge in [-0.3, -0.25) is 4.98 Å². The first kappa shape index (κ1) is 6.80. The van der Waals surface area contributed by atoms with Gasteiger partial charge in [-0.1, -0.05) is 0 Å². The van der Waals surface area contributed by atoms with Gasteiger partial charge in [-0.15, -0.1) is 0 Å². The van der Waals surface area contributed by atoms with E-state index in [4.69, 9.17) is 0 Å². The van der Waals surface area contributed by atoms with Crippen molar-refractivity contribution in [2.24, 2.45) is 0 Å². The van der Waals surface area contributed by atoms with Gasteiger partial charge < -0.3 is 4.90 Å². The molecule has 0 aromatic carbocycles. The zero-order chi connectivity index (χ0) is 7.68. The van der Waals surface area contributed by atoms with Gasteiger partial charge in [-0.05, 0) is 30.7 Å². The van der Waals surface area contributed by atoms with Crippen LogP contribution in [0.15, 0.2) is 18.5 Å². The molecule has 2 heterocycles. The first-order chi connectivity index (χ1) is 5.36. The topological polar surface area (TPSA) is 16.1 Å². The predicted octanol–water partition coefficient (Wildman–Crippen LogP) is 1.07. The van der Waals surface area contributed by atoms with Gasteiger partial charge in [0.15, 0.2) is 0 Å². The maximum absolute atomic E-state index is 4.11. The molecule has 58 valence electrons. The lowest BCUT2D eigenvalue weighted by Gasteiger charge is -2.23. The Kier molecular flexibility index (Phi) is 1.62. The highest BCUT2D eigenvalue weighted by atomic mass is 15.1. The van der Waals surface area contributed by atoms with Crippen molar-refractivity contribution in [3.05, 3.63) is 29.6 Å². The first-order valence-corrected chi connectivity index (χ1v) is 3.96. The van der Waals surface area contributed by atoms with Crippen molar-refractivity contribution in [3.8, 4) is 0 Å². The largest absolute Gasteiger partial charge is 0.302 e. The zero-order valence-corrected chi connectivity index (χ0v) is 6.75. The predicted molar refractivity (Wildman–Crippen MR) is 44.3 cm³/mol. The van der Waals surface area contributed by atoms with Crippen molar-refractivity contribution in [2.75, 3.05) is 13.6 Å². The van der Waals surface area contributed by atoms with E-state index >= 15 is 0 Å². The number of pyridine rings is 1. The van der Waals surface area contributed by atoms with Gasteiger partial charge in [0.05, 0.1) is 0 Å². The van der Waals surface area contributed by atoms with Crippen LogP contribution < -0.4 is 0 Å². The average Bonchev–Trinajstić information content (AvgIpc) is 2.04. The fourth-order valence-corrected chi connectivity index (χ4v) is 1.52. The van der Waals surface area contributed by atoms with Crippen LogP contribution in [-0.2, 0) is 13.0 Å². The molecule has 0 aliphatic carbocycles. The van der Waals surface area contributed by atoms with Crippen LogP contribution in [0.5, 0.6) is 0 Å². The minimum Gasteiger partial charge on any atom is -0.302 e. The summed E-state index contributed by atoms with van der Waals surface area (Å²) in [6.07, 6.45) is 5.03. The van der Waals surface area contributed by atoms with Crippen molar-refractivity contribution in [2.45, 2.75) is 13.0 Å². The number of fused-ring (bicyclic) bond motifs is 1. The van der Waals surface area contributed by atoms with Crippen molar-refractivity contribution in [3.63, 3.8) is 0 Å². The summed E-state index contributed by atoms with van der Waals surface area (Å²) in [6, 6.07) is 2.13. The molecule has 2 nitrogen and oxygen atoms in total. The van der Waals surface area contributed by atoms with Gasteiger partial charge in [0.2, 0.25) is 0 Å². The summed E-state index contributed by atoms with van der Waals surface area (Å²) in [6.45, 7) is 2.24.